The van der Waals surface area contributed by atoms with E-state index in [1.165, 1.54) is 19.2 Å². The van der Waals surface area contributed by atoms with Crippen LogP contribution in [0.4, 0.5) is 5.69 Å². The van der Waals surface area contributed by atoms with Gasteiger partial charge in [-0.1, -0.05) is 24.3 Å². The number of nitrogens with one attached hydrogen (secondary N) is 1. The monoisotopic (exact) mass is 455 g/mol. The Hall–Kier alpha value is -3.65. The van der Waals surface area contributed by atoms with E-state index in [0.717, 1.165) is 11.1 Å². The van der Waals surface area contributed by atoms with Crippen molar-refractivity contribution in [2.45, 2.75) is 4.90 Å². The van der Waals surface area contributed by atoms with Gasteiger partial charge in [0.05, 0.1) is 33.3 Å². The molecule has 3 aromatic rings. The second-order valence-corrected chi connectivity index (χ2v) is 8.38. The topological polar surface area (TPSA) is 83.1 Å². The molecule has 0 atom stereocenters. The van der Waals surface area contributed by atoms with E-state index in [2.05, 4.69) is 4.72 Å². The number of benzene rings is 3. The largest absolute Gasteiger partial charge is 0.497 e. The number of hydrogen-bond donors (Lipinski definition) is 1. The van der Waals surface area contributed by atoms with Gasteiger partial charge in [0, 0.05) is 5.69 Å². The Bertz CT molecular complexity index is 1180. The van der Waals surface area contributed by atoms with E-state index < -0.39 is 10.0 Å². The maximum Gasteiger partial charge on any atom is 0.261 e. The first-order valence-corrected chi connectivity index (χ1v) is 11.1. The van der Waals surface area contributed by atoms with Crippen molar-refractivity contribution in [1.29, 1.82) is 0 Å². The van der Waals surface area contributed by atoms with Crippen molar-refractivity contribution in [2.75, 3.05) is 33.2 Å². The van der Waals surface area contributed by atoms with Crippen molar-refractivity contribution in [3.8, 4) is 23.0 Å². The first-order valence-electron chi connectivity index (χ1n) is 9.65. The number of methoxy groups -OCH3 is 4. The molecule has 1 N–H and O–H groups in total. The number of ether oxygens (including phenoxy) is 4. The molecule has 0 spiro atoms. The first kappa shape index (κ1) is 23.0. The lowest BCUT2D eigenvalue weighted by Crippen LogP contribution is -2.12. The van der Waals surface area contributed by atoms with E-state index in [0.29, 0.717) is 28.7 Å². The van der Waals surface area contributed by atoms with Gasteiger partial charge in [-0.15, -0.1) is 0 Å². The quantitative estimate of drug-likeness (QED) is 0.471. The van der Waals surface area contributed by atoms with Crippen molar-refractivity contribution in [3.63, 3.8) is 0 Å². The van der Waals surface area contributed by atoms with Crippen molar-refractivity contribution in [3.05, 3.63) is 71.8 Å². The summed E-state index contributed by atoms with van der Waals surface area (Å²) in [5.41, 5.74) is 2.10. The second kappa shape index (κ2) is 10.1. The summed E-state index contributed by atoms with van der Waals surface area (Å²) >= 11 is 0. The average molecular weight is 456 g/mol. The van der Waals surface area contributed by atoms with Gasteiger partial charge in [-0.25, -0.2) is 8.42 Å². The highest BCUT2D eigenvalue weighted by atomic mass is 32.2. The summed E-state index contributed by atoms with van der Waals surface area (Å²) in [6.45, 7) is 0. The Morgan fingerprint density at radius 3 is 1.91 bits per heavy atom. The minimum atomic E-state index is -3.72. The molecule has 0 heterocycles. The smallest absolute Gasteiger partial charge is 0.261 e. The van der Waals surface area contributed by atoms with Crippen LogP contribution in [-0.4, -0.2) is 36.9 Å². The van der Waals surface area contributed by atoms with E-state index in [1.807, 2.05) is 30.4 Å². The lowest BCUT2D eigenvalue weighted by molar-refractivity contribution is 0.324. The van der Waals surface area contributed by atoms with Gasteiger partial charge in [0.1, 0.15) is 5.75 Å². The number of hydrogen-bond acceptors (Lipinski definition) is 6. The van der Waals surface area contributed by atoms with Crippen LogP contribution in [0.2, 0.25) is 0 Å². The van der Waals surface area contributed by atoms with E-state index in [9.17, 15) is 8.42 Å². The van der Waals surface area contributed by atoms with Gasteiger partial charge in [0.25, 0.3) is 10.0 Å². The predicted octanol–water partition coefficient (Wildman–Crippen LogP) is 4.69. The zero-order valence-corrected chi connectivity index (χ0v) is 19.1. The normalized spacial score (nSPS) is 11.2. The summed E-state index contributed by atoms with van der Waals surface area (Å²) in [6.07, 6.45) is 3.74. The molecule has 32 heavy (non-hydrogen) atoms. The highest BCUT2D eigenvalue weighted by Crippen LogP contribution is 2.38. The molecule has 0 fully saturated rings. The first-order chi connectivity index (χ1) is 15.4. The zero-order chi connectivity index (χ0) is 23.1. The number of sulfonamides is 1. The third-order valence-electron chi connectivity index (χ3n) is 4.66. The van der Waals surface area contributed by atoms with Gasteiger partial charge in [-0.05, 0) is 59.7 Å². The number of rotatable bonds is 9. The van der Waals surface area contributed by atoms with Gasteiger partial charge in [-0.3, -0.25) is 4.72 Å². The van der Waals surface area contributed by atoms with E-state index in [-0.39, 0.29) is 4.90 Å². The van der Waals surface area contributed by atoms with Crippen molar-refractivity contribution in [1.82, 2.24) is 0 Å². The van der Waals surface area contributed by atoms with Crippen LogP contribution in [0.3, 0.4) is 0 Å². The summed E-state index contributed by atoms with van der Waals surface area (Å²) in [4.78, 5) is 0.150. The molecule has 0 radical (unpaired) electrons. The molecule has 7 nitrogen and oxygen atoms in total. The molecule has 0 aliphatic heterocycles. The summed E-state index contributed by atoms with van der Waals surface area (Å²) in [6, 6.07) is 16.9. The van der Waals surface area contributed by atoms with Gasteiger partial charge < -0.3 is 18.9 Å². The van der Waals surface area contributed by atoms with Crippen LogP contribution in [0.25, 0.3) is 12.2 Å². The molecule has 0 aliphatic carbocycles. The average Bonchev–Trinajstić information content (AvgIpc) is 2.81. The van der Waals surface area contributed by atoms with E-state index in [1.54, 1.807) is 51.7 Å². The fourth-order valence-electron chi connectivity index (χ4n) is 3.06. The molecule has 0 unspecified atom stereocenters. The minimum Gasteiger partial charge on any atom is -0.497 e. The molecule has 0 aromatic heterocycles. The highest BCUT2D eigenvalue weighted by Gasteiger charge is 2.14. The van der Waals surface area contributed by atoms with Crippen LogP contribution in [-0.2, 0) is 10.0 Å². The molecule has 0 saturated heterocycles. The summed E-state index contributed by atoms with van der Waals surface area (Å²) in [5, 5.41) is 0. The van der Waals surface area contributed by atoms with Crippen molar-refractivity contribution >= 4 is 27.9 Å². The highest BCUT2D eigenvalue weighted by molar-refractivity contribution is 7.92. The molecule has 3 rings (SSSR count). The third kappa shape index (κ3) is 5.33. The SMILES string of the molecule is COc1ccc(S(=O)(=O)Nc2cccc(C=Cc3cc(OC)c(OC)c(OC)c3)c2)cc1. The van der Waals surface area contributed by atoms with Gasteiger partial charge in [-0.2, -0.15) is 0 Å². The maximum absolute atomic E-state index is 12.7. The van der Waals surface area contributed by atoms with Crippen LogP contribution in [0, 0.1) is 0 Å². The summed E-state index contributed by atoms with van der Waals surface area (Å²) < 4.78 is 49.1. The van der Waals surface area contributed by atoms with Crippen LogP contribution in [0.1, 0.15) is 11.1 Å². The molecular formula is C24H25NO6S. The third-order valence-corrected chi connectivity index (χ3v) is 6.06. The van der Waals surface area contributed by atoms with Gasteiger partial charge in [0.2, 0.25) is 5.75 Å². The molecule has 3 aromatic carbocycles. The Labute approximate surface area is 188 Å². The van der Waals surface area contributed by atoms with Crippen molar-refractivity contribution in [2.24, 2.45) is 0 Å². The van der Waals surface area contributed by atoms with Gasteiger partial charge >= 0.3 is 0 Å². The standard InChI is InChI=1S/C24H25NO6S/c1-28-20-10-12-21(13-11-20)32(26,27)25-19-7-5-6-17(14-19)8-9-18-15-22(29-2)24(31-4)23(16-18)30-3/h5-16,25H,1-4H3. The zero-order valence-electron chi connectivity index (χ0n) is 18.3. The lowest BCUT2D eigenvalue weighted by Gasteiger charge is -2.13. The van der Waals surface area contributed by atoms with Crippen LogP contribution in [0.5, 0.6) is 23.0 Å². The second-order valence-electron chi connectivity index (χ2n) is 6.70. The molecule has 0 saturated carbocycles. The van der Waals surface area contributed by atoms with Crippen molar-refractivity contribution < 1.29 is 27.4 Å². The predicted molar refractivity (Wildman–Crippen MR) is 125 cm³/mol. The summed E-state index contributed by atoms with van der Waals surface area (Å²) in [7, 11) is 2.47. The van der Waals surface area contributed by atoms with Crippen LogP contribution in [0.15, 0.2) is 65.6 Å². The Morgan fingerprint density at radius 2 is 1.34 bits per heavy atom. The Morgan fingerprint density at radius 1 is 0.719 bits per heavy atom. The van der Waals surface area contributed by atoms with Crippen LogP contribution >= 0.6 is 0 Å². The van der Waals surface area contributed by atoms with Gasteiger partial charge in [0.15, 0.2) is 11.5 Å². The maximum atomic E-state index is 12.7. The Balaban J connectivity index is 1.82. The molecular weight excluding hydrogens is 430 g/mol. The molecule has 0 aliphatic rings. The summed E-state index contributed by atoms with van der Waals surface area (Å²) in [5.74, 6) is 2.20. The fourth-order valence-corrected chi connectivity index (χ4v) is 4.11. The molecule has 0 bridgehead atoms. The van der Waals surface area contributed by atoms with Crippen LogP contribution < -0.4 is 23.7 Å². The van der Waals surface area contributed by atoms with E-state index in [4.69, 9.17) is 18.9 Å². The molecule has 168 valence electrons. The van der Waals surface area contributed by atoms with E-state index >= 15 is 0 Å². The number of anilines is 1. The minimum absolute atomic E-state index is 0.150. The lowest BCUT2D eigenvalue weighted by atomic mass is 10.1. The molecule has 0 amide bonds. The fraction of sp³-hybridized carbons (Fsp3) is 0.167. The molecule has 8 heteroatoms. The Kier molecular flexibility index (Phi) is 7.27.